The minimum absolute atomic E-state index is 0.00265. The minimum Gasteiger partial charge on any atom is -0.497 e. The van der Waals surface area contributed by atoms with Gasteiger partial charge in [0.25, 0.3) is 5.91 Å². The summed E-state index contributed by atoms with van der Waals surface area (Å²) < 4.78 is 36.8. The number of carbonyl (C=O) groups excluding carboxylic acids is 1. The molecule has 1 amide bonds. The third-order valence-electron chi connectivity index (χ3n) is 6.08. The van der Waals surface area contributed by atoms with Gasteiger partial charge in [0.05, 0.1) is 45.0 Å². The molecule has 3 aromatic carbocycles. The molecule has 0 bridgehead atoms. The average Bonchev–Trinajstić information content (AvgIpc) is 2.99. The summed E-state index contributed by atoms with van der Waals surface area (Å²) in [5, 5.41) is 9.76. The standard InChI is InChI=1S/C27H25ClFNO7/c1-34-17-9-7-15(22(12-17)36-3)14-30-20-10-8-16(29)11-19(20)26(37-23(27(30)33)13-24(31)32)18-5-4-6-21(35-2)25(18)28/h4-12,23,26H,13-14H2,1-3H3,(H,31,32). The largest absolute Gasteiger partial charge is 0.497 e. The summed E-state index contributed by atoms with van der Waals surface area (Å²) in [4.78, 5) is 26.8. The molecule has 3 aromatic rings. The normalized spacial score (nSPS) is 17.1. The molecule has 0 spiro atoms. The molecule has 1 aliphatic rings. The molecule has 4 rings (SSSR count). The first kappa shape index (κ1) is 26.2. The zero-order valence-corrected chi connectivity index (χ0v) is 21.1. The Balaban J connectivity index is 1.90. The summed E-state index contributed by atoms with van der Waals surface area (Å²) >= 11 is 6.58. The number of nitrogens with zero attached hydrogens (tertiary/aromatic N) is 1. The van der Waals surface area contributed by atoms with Crippen molar-refractivity contribution < 1.29 is 38.0 Å². The molecule has 1 heterocycles. The highest BCUT2D eigenvalue weighted by Gasteiger charge is 2.39. The van der Waals surface area contributed by atoms with E-state index in [1.807, 2.05) is 0 Å². The predicted octanol–water partition coefficient (Wildman–Crippen LogP) is 5.00. The second kappa shape index (κ2) is 11.1. The SMILES string of the molecule is COc1ccc(CN2C(=O)C(CC(=O)O)OC(c3cccc(OC)c3Cl)c3cc(F)ccc32)c(OC)c1. The zero-order valence-electron chi connectivity index (χ0n) is 20.4. The van der Waals surface area contributed by atoms with Gasteiger partial charge in [-0.2, -0.15) is 0 Å². The van der Waals surface area contributed by atoms with Crippen LogP contribution in [0.4, 0.5) is 10.1 Å². The lowest BCUT2D eigenvalue weighted by Gasteiger charge is -2.25. The Morgan fingerprint density at radius 2 is 1.78 bits per heavy atom. The molecule has 0 aromatic heterocycles. The monoisotopic (exact) mass is 529 g/mol. The number of halogens is 2. The number of amides is 1. The van der Waals surface area contributed by atoms with E-state index in [1.165, 1.54) is 44.4 Å². The second-order valence-electron chi connectivity index (χ2n) is 8.27. The molecule has 0 aliphatic carbocycles. The average molecular weight is 530 g/mol. The van der Waals surface area contributed by atoms with Gasteiger partial charge in [-0.3, -0.25) is 9.59 Å². The minimum atomic E-state index is -1.38. The molecule has 8 nitrogen and oxygen atoms in total. The number of anilines is 1. The number of rotatable bonds is 8. The van der Waals surface area contributed by atoms with Crippen LogP contribution in [0.5, 0.6) is 17.2 Å². The fourth-order valence-corrected chi connectivity index (χ4v) is 4.61. The van der Waals surface area contributed by atoms with Crippen LogP contribution in [-0.4, -0.2) is 44.4 Å². The van der Waals surface area contributed by atoms with Gasteiger partial charge in [0, 0.05) is 22.8 Å². The number of hydrogen-bond donors (Lipinski definition) is 1. The Kier molecular flexibility index (Phi) is 7.85. The van der Waals surface area contributed by atoms with Gasteiger partial charge < -0.3 is 29.0 Å². The molecule has 0 saturated carbocycles. The van der Waals surface area contributed by atoms with E-state index in [2.05, 4.69) is 0 Å². The Bertz CT molecular complexity index is 1330. The lowest BCUT2D eigenvalue weighted by Crippen LogP contribution is -2.40. The highest BCUT2D eigenvalue weighted by Crippen LogP contribution is 2.44. The first-order valence-electron chi connectivity index (χ1n) is 11.3. The van der Waals surface area contributed by atoms with Crippen molar-refractivity contribution in [3.8, 4) is 17.2 Å². The van der Waals surface area contributed by atoms with E-state index in [1.54, 1.807) is 36.4 Å². The van der Waals surface area contributed by atoms with E-state index in [9.17, 15) is 19.1 Å². The number of benzene rings is 3. The van der Waals surface area contributed by atoms with Crippen LogP contribution in [0.3, 0.4) is 0 Å². The maximum absolute atomic E-state index is 14.6. The molecular weight excluding hydrogens is 505 g/mol. The maximum atomic E-state index is 14.6. The van der Waals surface area contributed by atoms with Gasteiger partial charge in [-0.25, -0.2) is 4.39 Å². The summed E-state index contributed by atoms with van der Waals surface area (Å²) in [6.45, 7) is 0.00265. The summed E-state index contributed by atoms with van der Waals surface area (Å²) in [5.41, 5.74) is 1.68. The third kappa shape index (κ3) is 5.33. The highest BCUT2D eigenvalue weighted by atomic mass is 35.5. The van der Waals surface area contributed by atoms with E-state index in [4.69, 9.17) is 30.5 Å². The van der Waals surface area contributed by atoms with Crippen molar-refractivity contribution in [3.05, 3.63) is 82.1 Å². The third-order valence-corrected chi connectivity index (χ3v) is 6.49. The van der Waals surface area contributed by atoms with Gasteiger partial charge in [0.15, 0.2) is 0 Å². The molecule has 1 aliphatic heterocycles. The Labute approximate surface area is 218 Å². The number of carboxylic acids is 1. The molecule has 0 fully saturated rings. The Morgan fingerprint density at radius 3 is 2.46 bits per heavy atom. The van der Waals surface area contributed by atoms with E-state index in [0.29, 0.717) is 39.6 Å². The Morgan fingerprint density at radius 1 is 1.03 bits per heavy atom. The van der Waals surface area contributed by atoms with Crippen molar-refractivity contribution in [1.82, 2.24) is 0 Å². The molecule has 194 valence electrons. The molecule has 0 saturated heterocycles. The maximum Gasteiger partial charge on any atom is 0.306 e. The van der Waals surface area contributed by atoms with Crippen molar-refractivity contribution >= 4 is 29.2 Å². The number of carbonyl (C=O) groups is 2. The molecular formula is C27H25ClFNO7. The van der Waals surface area contributed by atoms with Crippen LogP contribution in [0.25, 0.3) is 0 Å². The lowest BCUT2D eigenvalue weighted by atomic mass is 9.98. The van der Waals surface area contributed by atoms with Crippen LogP contribution >= 0.6 is 11.6 Å². The topological polar surface area (TPSA) is 94.5 Å². The van der Waals surface area contributed by atoms with Gasteiger partial charge in [-0.15, -0.1) is 0 Å². The smallest absolute Gasteiger partial charge is 0.306 e. The molecule has 1 N–H and O–H groups in total. The van der Waals surface area contributed by atoms with Crippen LogP contribution < -0.4 is 19.1 Å². The van der Waals surface area contributed by atoms with E-state index < -0.39 is 36.3 Å². The highest BCUT2D eigenvalue weighted by molar-refractivity contribution is 6.33. The van der Waals surface area contributed by atoms with E-state index in [0.717, 1.165) is 0 Å². The van der Waals surface area contributed by atoms with Crippen molar-refractivity contribution in [1.29, 1.82) is 0 Å². The summed E-state index contributed by atoms with van der Waals surface area (Å²) in [6, 6.07) is 14.1. The number of fused-ring (bicyclic) bond motifs is 1. The summed E-state index contributed by atoms with van der Waals surface area (Å²) in [6.07, 6.45) is -3.04. The predicted molar refractivity (Wildman–Crippen MR) is 134 cm³/mol. The van der Waals surface area contributed by atoms with Crippen LogP contribution in [0.1, 0.15) is 29.2 Å². The molecule has 0 radical (unpaired) electrons. The fraction of sp³-hybridized carbons (Fsp3) is 0.259. The van der Waals surface area contributed by atoms with Gasteiger partial charge in [-0.05, 0) is 36.4 Å². The van der Waals surface area contributed by atoms with Crippen LogP contribution in [0, 0.1) is 5.82 Å². The van der Waals surface area contributed by atoms with Gasteiger partial charge >= 0.3 is 5.97 Å². The number of methoxy groups -OCH3 is 3. The van der Waals surface area contributed by atoms with Crippen molar-refractivity contribution in [3.63, 3.8) is 0 Å². The van der Waals surface area contributed by atoms with Crippen LogP contribution in [0.2, 0.25) is 5.02 Å². The van der Waals surface area contributed by atoms with Gasteiger partial charge in [0.2, 0.25) is 0 Å². The number of ether oxygens (including phenoxy) is 4. The summed E-state index contributed by atoms with van der Waals surface area (Å²) in [5.74, 6) is -1.01. The van der Waals surface area contributed by atoms with Gasteiger partial charge in [-0.1, -0.05) is 23.7 Å². The number of carboxylic acid groups (broad SMARTS) is 1. The molecule has 10 heteroatoms. The summed E-state index contributed by atoms with van der Waals surface area (Å²) in [7, 11) is 4.46. The van der Waals surface area contributed by atoms with E-state index >= 15 is 0 Å². The van der Waals surface area contributed by atoms with Crippen LogP contribution in [-0.2, 0) is 20.9 Å². The van der Waals surface area contributed by atoms with Crippen molar-refractivity contribution in [2.24, 2.45) is 0 Å². The molecule has 2 atom stereocenters. The van der Waals surface area contributed by atoms with Crippen molar-refractivity contribution in [2.75, 3.05) is 26.2 Å². The van der Waals surface area contributed by atoms with E-state index in [-0.39, 0.29) is 11.6 Å². The molecule has 37 heavy (non-hydrogen) atoms. The zero-order chi connectivity index (χ0) is 26.7. The van der Waals surface area contributed by atoms with Gasteiger partial charge in [0.1, 0.15) is 35.3 Å². The fourth-order valence-electron chi connectivity index (χ4n) is 4.31. The number of aliphatic carboxylic acids is 1. The quantitative estimate of drug-likeness (QED) is 0.439. The second-order valence-corrected chi connectivity index (χ2v) is 8.65. The number of hydrogen-bond acceptors (Lipinski definition) is 6. The van der Waals surface area contributed by atoms with Crippen LogP contribution in [0.15, 0.2) is 54.6 Å². The first-order valence-corrected chi connectivity index (χ1v) is 11.7. The molecule has 2 unspecified atom stereocenters. The van der Waals surface area contributed by atoms with Crippen molar-refractivity contribution in [2.45, 2.75) is 25.2 Å². The Hall–Kier alpha value is -3.82. The lowest BCUT2D eigenvalue weighted by molar-refractivity contribution is -0.147. The first-order chi connectivity index (χ1) is 17.8.